The number of carbonyl (C=O) groups is 1. The van der Waals surface area contributed by atoms with E-state index in [0.717, 1.165) is 30.5 Å². The van der Waals surface area contributed by atoms with Crippen LogP contribution in [0.15, 0.2) is 30.3 Å². The molecule has 2 rings (SSSR count). The minimum absolute atomic E-state index is 0.0167. The smallest absolute Gasteiger partial charge is 0.246 e. The van der Waals surface area contributed by atoms with Crippen molar-refractivity contribution in [1.82, 2.24) is 4.90 Å². The minimum atomic E-state index is -0.273. The summed E-state index contributed by atoms with van der Waals surface area (Å²) in [5, 5.41) is 0. The Labute approximate surface area is 112 Å². The molecular formula is C15H19FN2O. The van der Waals surface area contributed by atoms with Crippen molar-refractivity contribution in [2.45, 2.75) is 25.8 Å². The van der Waals surface area contributed by atoms with Crippen LogP contribution < -0.4 is 5.73 Å². The van der Waals surface area contributed by atoms with E-state index < -0.39 is 0 Å². The van der Waals surface area contributed by atoms with Gasteiger partial charge >= 0.3 is 0 Å². The van der Waals surface area contributed by atoms with Crippen molar-refractivity contribution in [2.24, 2.45) is 5.73 Å². The van der Waals surface area contributed by atoms with Gasteiger partial charge in [0.15, 0.2) is 0 Å². The molecule has 1 fully saturated rings. The van der Waals surface area contributed by atoms with Gasteiger partial charge in [-0.1, -0.05) is 12.1 Å². The Balaban J connectivity index is 2.07. The molecule has 0 radical (unpaired) electrons. The molecule has 1 heterocycles. The first-order valence-electron chi connectivity index (χ1n) is 6.55. The van der Waals surface area contributed by atoms with E-state index in [2.05, 4.69) is 0 Å². The Kier molecular flexibility index (Phi) is 4.32. The van der Waals surface area contributed by atoms with Crippen molar-refractivity contribution >= 4 is 11.5 Å². The Bertz CT molecular complexity index is 481. The van der Waals surface area contributed by atoms with Crippen molar-refractivity contribution in [3.05, 3.63) is 41.7 Å². The summed E-state index contributed by atoms with van der Waals surface area (Å²) in [5.41, 5.74) is 7.56. The second-order valence-electron chi connectivity index (χ2n) is 5.02. The number of likely N-dealkylation sites (tertiary alicyclic amines) is 1. The van der Waals surface area contributed by atoms with E-state index in [-0.39, 0.29) is 17.8 Å². The third kappa shape index (κ3) is 3.64. The molecule has 19 heavy (non-hydrogen) atoms. The van der Waals surface area contributed by atoms with Crippen LogP contribution in [0, 0.1) is 5.82 Å². The SMILES string of the molecule is C/C(=C\C(=O)N1CCCC(N)C1)c1ccc(F)cc1. The molecule has 0 saturated carbocycles. The number of nitrogens with two attached hydrogens (primary N) is 1. The van der Waals surface area contributed by atoms with Crippen LogP contribution in [0.1, 0.15) is 25.3 Å². The number of piperidine rings is 1. The van der Waals surface area contributed by atoms with Crippen LogP contribution in [-0.2, 0) is 4.79 Å². The van der Waals surface area contributed by atoms with E-state index >= 15 is 0 Å². The number of hydrogen-bond donors (Lipinski definition) is 1. The standard InChI is InChI=1S/C15H19FN2O/c1-11(12-4-6-13(16)7-5-12)9-15(19)18-8-2-3-14(17)10-18/h4-7,9,14H,2-3,8,10,17H2,1H3/b11-9+. The van der Waals surface area contributed by atoms with Crippen molar-refractivity contribution in [3.63, 3.8) is 0 Å². The summed E-state index contributed by atoms with van der Waals surface area (Å²) in [6, 6.07) is 6.23. The zero-order chi connectivity index (χ0) is 13.8. The molecule has 0 aliphatic carbocycles. The molecule has 1 unspecified atom stereocenters. The lowest BCUT2D eigenvalue weighted by molar-refractivity contribution is -0.127. The first-order chi connectivity index (χ1) is 9.06. The average molecular weight is 262 g/mol. The highest BCUT2D eigenvalue weighted by Crippen LogP contribution is 2.16. The van der Waals surface area contributed by atoms with Gasteiger partial charge in [0.1, 0.15) is 5.82 Å². The van der Waals surface area contributed by atoms with Crippen LogP contribution in [0.2, 0.25) is 0 Å². The second kappa shape index (κ2) is 5.97. The summed E-state index contributed by atoms with van der Waals surface area (Å²) in [4.78, 5) is 13.9. The van der Waals surface area contributed by atoms with Crippen molar-refractivity contribution in [1.29, 1.82) is 0 Å². The molecular weight excluding hydrogens is 243 g/mol. The Morgan fingerprint density at radius 2 is 2.11 bits per heavy atom. The summed E-state index contributed by atoms with van der Waals surface area (Å²) in [7, 11) is 0. The van der Waals surface area contributed by atoms with Gasteiger partial charge in [-0.2, -0.15) is 0 Å². The molecule has 1 atom stereocenters. The third-order valence-corrected chi connectivity index (χ3v) is 3.41. The zero-order valence-corrected chi connectivity index (χ0v) is 11.1. The molecule has 3 nitrogen and oxygen atoms in total. The summed E-state index contributed by atoms with van der Waals surface area (Å²) in [5.74, 6) is -0.290. The zero-order valence-electron chi connectivity index (χ0n) is 11.1. The van der Waals surface area contributed by atoms with Gasteiger partial charge in [-0.25, -0.2) is 4.39 Å². The number of allylic oxidation sites excluding steroid dienone is 1. The molecule has 1 aliphatic heterocycles. The van der Waals surface area contributed by atoms with Crippen LogP contribution >= 0.6 is 0 Å². The molecule has 0 aromatic heterocycles. The van der Waals surface area contributed by atoms with E-state index in [4.69, 9.17) is 5.73 Å². The summed E-state index contributed by atoms with van der Waals surface area (Å²) in [6.07, 6.45) is 3.53. The Morgan fingerprint density at radius 1 is 1.42 bits per heavy atom. The molecule has 0 spiro atoms. The van der Waals surface area contributed by atoms with Crippen LogP contribution in [0.3, 0.4) is 0 Å². The van der Waals surface area contributed by atoms with Gasteiger partial charge in [0, 0.05) is 25.2 Å². The quantitative estimate of drug-likeness (QED) is 0.830. The fraction of sp³-hybridized carbons (Fsp3) is 0.400. The molecule has 4 heteroatoms. The lowest BCUT2D eigenvalue weighted by atomic mass is 10.0. The van der Waals surface area contributed by atoms with Gasteiger partial charge in [-0.15, -0.1) is 0 Å². The predicted octanol–water partition coefficient (Wildman–Crippen LogP) is 2.18. The van der Waals surface area contributed by atoms with E-state index in [1.54, 1.807) is 23.1 Å². The van der Waals surface area contributed by atoms with E-state index in [1.807, 2.05) is 6.92 Å². The molecule has 1 saturated heterocycles. The van der Waals surface area contributed by atoms with Crippen molar-refractivity contribution in [2.75, 3.05) is 13.1 Å². The topological polar surface area (TPSA) is 46.3 Å². The number of benzene rings is 1. The minimum Gasteiger partial charge on any atom is -0.338 e. The lowest BCUT2D eigenvalue weighted by Crippen LogP contribution is -2.45. The predicted molar refractivity (Wildman–Crippen MR) is 73.8 cm³/mol. The molecule has 1 amide bonds. The highest BCUT2D eigenvalue weighted by atomic mass is 19.1. The summed E-state index contributed by atoms with van der Waals surface area (Å²) in [6.45, 7) is 3.24. The van der Waals surface area contributed by atoms with Gasteiger partial charge < -0.3 is 10.6 Å². The molecule has 1 aromatic carbocycles. The van der Waals surface area contributed by atoms with Crippen LogP contribution in [0.4, 0.5) is 4.39 Å². The van der Waals surface area contributed by atoms with Gasteiger partial charge in [0.05, 0.1) is 0 Å². The average Bonchev–Trinajstić information content (AvgIpc) is 2.39. The van der Waals surface area contributed by atoms with E-state index in [1.165, 1.54) is 12.1 Å². The van der Waals surface area contributed by atoms with Gasteiger partial charge in [-0.05, 0) is 43.0 Å². The first kappa shape index (κ1) is 13.7. The number of hydrogen-bond acceptors (Lipinski definition) is 2. The van der Waals surface area contributed by atoms with Crippen LogP contribution in [0.5, 0.6) is 0 Å². The summed E-state index contributed by atoms with van der Waals surface area (Å²) < 4.78 is 12.8. The molecule has 2 N–H and O–H groups in total. The molecule has 1 aliphatic rings. The highest BCUT2D eigenvalue weighted by Gasteiger charge is 2.19. The number of halogens is 1. The number of amides is 1. The maximum atomic E-state index is 12.8. The Hall–Kier alpha value is -1.68. The molecule has 0 bridgehead atoms. The number of carbonyl (C=O) groups excluding carboxylic acids is 1. The Morgan fingerprint density at radius 3 is 2.74 bits per heavy atom. The fourth-order valence-corrected chi connectivity index (χ4v) is 2.28. The van der Waals surface area contributed by atoms with Crippen molar-refractivity contribution < 1.29 is 9.18 Å². The van der Waals surface area contributed by atoms with E-state index in [0.29, 0.717) is 6.54 Å². The first-order valence-corrected chi connectivity index (χ1v) is 6.55. The molecule has 102 valence electrons. The summed E-state index contributed by atoms with van der Waals surface area (Å²) >= 11 is 0. The van der Waals surface area contributed by atoms with Gasteiger partial charge in [0.2, 0.25) is 5.91 Å². The fourth-order valence-electron chi connectivity index (χ4n) is 2.28. The maximum absolute atomic E-state index is 12.8. The maximum Gasteiger partial charge on any atom is 0.246 e. The highest BCUT2D eigenvalue weighted by molar-refractivity contribution is 5.94. The van der Waals surface area contributed by atoms with Crippen molar-refractivity contribution in [3.8, 4) is 0 Å². The molecule has 1 aromatic rings. The van der Waals surface area contributed by atoms with Gasteiger partial charge in [0.25, 0.3) is 0 Å². The lowest BCUT2D eigenvalue weighted by Gasteiger charge is -2.30. The third-order valence-electron chi connectivity index (χ3n) is 3.41. The second-order valence-corrected chi connectivity index (χ2v) is 5.02. The number of nitrogens with zero attached hydrogens (tertiary/aromatic N) is 1. The van der Waals surface area contributed by atoms with Crippen LogP contribution in [0.25, 0.3) is 5.57 Å². The van der Waals surface area contributed by atoms with Gasteiger partial charge in [-0.3, -0.25) is 4.79 Å². The normalized spacial score (nSPS) is 20.5. The van der Waals surface area contributed by atoms with E-state index in [9.17, 15) is 9.18 Å². The monoisotopic (exact) mass is 262 g/mol. The largest absolute Gasteiger partial charge is 0.338 e. The number of rotatable bonds is 2. The van der Waals surface area contributed by atoms with Crippen LogP contribution in [-0.4, -0.2) is 29.9 Å².